The van der Waals surface area contributed by atoms with Gasteiger partial charge in [-0.3, -0.25) is 0 Å². The molecule has 0 aliphatic carbocycles. The number of thioether (sulfide) groups is 4. The Balaban J connectivity index is 1.67. The first kappa shape index (κ1) is 28.2. The standard InChI is InChI=1S/C30H32P2S4/c1-33-27-13-5-23(6-14-27)31(24-7-15-28(34-2)16-8-24)21-22-32(25-9-17-29(35-3)18-10-25)26-11-19-30(36-4)20-12-26/h5-20H,21-22H2,1-4H3. The first-order valence-corrected chi connectivity index (χ1v) is 19.7. The van der Waals surface area contributed by atoms with Gasteiger partial charge in [0, 0.05) is 19.6 Å². The Morgan fingerprint density at radius 2 is 0.556 bits per heavy atom. The predicted octanol–water partition coefficient (Wildman–Crippen LogP) is 8.14. The van der Waals surface area contributed by atoms with Gasteiger partial charge in [-0.2, -0.15) is 0 Å². The molecular formula is C30H32P2S4. The lowest BCUT2D eigenvalue weighted by molar-refractivity contribution is 1.45. The Morgan fingerprint density at radius 1 is 0.361 bits per heavy atom. The van der Waals surface area contributed by atoms with E-state index in [-0.39, 0.29) is 0 Å². The van der Waals surface area contributed by atoms with Crippen LogP contribution in [0, 0.1) is 0 Å². The Labute approximate surface area is 236 Å². The average molecular weight is 583 g/mol. The van der Waals surface area contributed by atoms with E-state index in [0.717, 1.165) is 0 Å². The molecule has 0 heterocycles. The average Bonchev–Trinajstić information content (AvgIpc) is 2.96. The van der Waals surface area contributed by atoms with Crippen LogP contribution < -0.4 is 21.2 Å². The summed E-state index contributed by atoms with van der Waals surface area (Å²) in [7, 11) is -0.856. The van der Waals surface area contributed by atoms with Crippen molar-refractivity contribution in [1.82, 2.24) is 0 Å². The summed E-state index contributed by atoms with van der Waals surface area (Å²) < 4.78 is 0. The van der Waals surface area contributed by atoms with Gasteiger partial charge < -0.3 is 0 Å². The third kappa shape index (κ3) is 7.37. The molecule has 0 saturated carbocycles. The van der Waals surface area contributed by atoms with E-state index in [1.165, 1.54) is 53.1 Å². The van der Waals surface area contributed by atoms with Gasteiger partial charge in [0.15, 0.2) is 0 Å². The molecule has 0 bridgehead atoms. The van der Waals surface area contributed by atoms with Crippen LogP contribution in [0.15, 0.2) is 117 Å². The van der Waals surface area contributed by atoms with Crippen molar-refractivity contribution in [2.45, 2.75) is 19.6 Å². The second kappa shape index (κ2) is 14.3. The summed E-state index contributed by atoms with van der Waals surface area (Å²) in [5.74, 6) is 0. The summed E-state index contributed by atoms with van der Waals surface area (Å²) in [6.45, 7) is 0. The molecule has 0 aromatic heterocycles. The highest BCUT2D eigenvalue weighted by Gasteiger charge is 2.20. The molecule has 4 rings (SSSR count). The van der Waals surface area contributed by atoms with Crippen LogP contribution in [-0.2, 0) is 0 Å². The van der Waals surface area contributed by atoms with Crippen molar-refractivity contribution in [3.8, 4) is 0 Å². The summed E-state index contributed by atoms with van der Waals surface area (Å²) in [6, 6.07) is 37.2. The molecular weight excluding hydrogens is 551 g/mol. The zero-order chi connectivity index (χ0) is 25.3. The molecule has 0 saturated heterocycles. The van der Waals surface area contributed by atoms with E-state index in [1.54, 1.807) is 0 Å². The second-order valence-electron chi connectivity index (χ2n) is 8.10. The van der Waals surface area contributed by atoms with Crippen LogP contribution in [0.2, 0.25) is 0 Å². The summed E-state index contributed by atoms with van der Waals surface area (Å²) in [5, 5.41) is 5.91. The van der Waals surface area contributed by atoms with Crippen LogP contribution in [0.3, 0.4) is 0 Å². The van der Waals surface area contributed by atoms with Crippen LogP contribution >= 0.6 is 62.9 Å². The lowest BCUT2D eigenvalue weighted by atomic mass is 10.4. The Hall–Kier alpha value is -0.860. The Morgan fingerprint density at radius 3 is 0.722 bits per heavy atom. The molecule has 0 N–H and O–H groups in total. The molecule has 0 spiro atoms. The molecule has 0 aliphatic rings. The van der Waals surface area contributed by atoms with Crippen LogP contribution in [-0.4, -0.2) is 37.3 Å². The number of rotatable bonds is 11. The van der Waals surface area contributed by atoms with E-state index in [9.17, 15) is 0 Å². The maximum absolute atomic E-state index is 2.36. The molecule has 0 amide bonds. The van der Waals surface area contributed by atoms with Crippen molar-refractivity contribution < 1.29 is 0 Å². The highest BCUT2D eigenvalue weighted by molar-refractivity contribution is 7.99. The molecule has 0 atom stereocenters. The minimum absolute atomic E-state index is 0.428. The van der Waals surface area contributed by atoms with Gasteiger partial charge in [-0.25, -0.2) is 0 Å². The van der Waals surface area contributed by atoms with Crippen LogP contribution in [0.5, 0.6) is 0 Å². The lowest BCUT2D eigenvalue weighted by Gasteiger charge is -2.24. The molecule has 0 nitrogen and oxygen atoms in total. The van der Waals surface area contributed by atoms with E-state index in [2.05, 4.69) is 122 Å². The van der Waals surface area contributed by atoms with Crippen molar-refractivity contribution in [3.05, 3.63) is 97.1 Å². The fourth-order valence-corrected chi connectivity index (χ4v) is 11.0. The summed E-state index contributed by atoms with van der Waals surface area (Å²) in [6.07, 6.45) is 11.0. The zero-order valence-corrected chi connectivity index (χ0v) is 26.2. The summed E-state index contributed by atoms with van der Waals surface area (Å²) >= 11 is 7.25. The maximum Gasteiger partial charge on any atom is 0.00695 e. The minimum atomic E-state index is -0.428. The second-order valence-corrected chi connectivity index (χ2v) is 16.3. The smallest absolute Gasteiger partial charge is 0.00695 e. The van der Waals surface area contributed by atoms with Crippen LogP contribution in [0.4, 0.5) is 0 Å². The molecule has 6 heteroatoms. The Bertz CT molecular complexity index is 1010. The van der Waals surface area contributed by atoms with E-state index >= 15 is 0 Å². The number of hydrogen-bond donors (Lipinski definition) is 0. The van der Waals surface area contributed by atoms with Gasteiger partial charge in [0.05, 0.1) is 0 Å². The van der Waals surface area contributed by atoms with E-state index in [4.69, 9.17) is 0 Å². The largest absolute Gasteiger partial charge is 0.130 e. The monoisotopic (exact) mass is 582 g/mol. The predicted molar refractivity (Wildman–Crippen MR) is 175 cm³/mol. The third-order valence-corrected chi connectivity index (χ3v) is 14.4. The highest BCUT2D eigenvalue weighted by atomic mass is 32.2. The van der Waals surface area contributed by atoms with Gasteiger partial charge in [0.2, 0.25) is 0 Å². The van der Waals surface area contributed by atoms with Crippen LogP contribution in [0.1, 0.15) is 0 Å². The molecule has 0 radical (unpaired) electrons. The molecule has 0 fully saturated rings. The van der Waals surface area contributed by atoms with Crippen molar-refractivity contribution in [3.63, 3.8) is 0 Å². The third-order valence-electron chi connectivity index (χ3n) is 6.08. The van der Waals surface area contributed by atoms with Gasteiger partial charge >= 0.3 is 0 Å². The van der Waals surface area contributed by atoms with E-state index in [1.807, 2.05) is 47.0 Å². The molecule has 0 aliphatic heterocycles. The van der Waals surface area contributed by atoms with Crippen LogP contribution in [0.25, 0.3) is 0 Å². The topological polar surface area (TPSA) is 0 Å². The minimum Gasteiger partial charge on any atom is -0.130 e. The van der Waals surface area contributed by atoms with Crippen molar-refractivity contribution in [2.24, 2.45) is 0 Å². The number of benzene rings is 4. The zero-order valence-electron chi connectivity index (χ0n) is 21.2. The van der Waals surface area contributed by atoms with E-state index < -0.39 is 15.8 Å². The fraction of sp³-hybridized carbons (Fsp3) is 0.200. The first-order valence-electron chi connectivity index (χ1n) is 11.8. The quantitative estimate of drug-likeness (QED) is 0.129. The van der Waals surface area contributed by atoms with E-state index in [0.29, 0.717) is 0 Å². The molecule has 4 aromatic carbocycles. The maximum atomic E-state index is 2.36. The summed E-state index contributed by atoms with van der Waals surface area (Å²) in [4.78, 5) is 5.32. The van der Waals surface area contributed by atoms with Crippen molar-refractivity contribution in [2.75, 3.05) is 37.3 Å². The first-order chi connectivity index (χ1) is 17.6. The fourth-order valence-electron chi connectivity index (χ4n) is 4.06. The highest BCUT2D eigenvalue weighted by Crippen LogP contribution is 2.42. The van der Waals surface area contributed by atoms with Gasteiger partial charge in [0.25, 0.3) is 0 Å². The molecule has 4 aromatic rings. The van der Waals surface area contributed by atoms with Gasteiger partial charge in [0.1, 0.15) is 0 Å². The molecule has 36 heavy (non-hydrogen) atoms. The number of hydrogen-bond acceptors (Lipinski definition) is 4. The lowest BCUT2D eigenvalue weighted by Crippen LogP contribution is -2.20. The summed E-state index contributed by atoms with van der Waals surface area (Å²) in [5.41, 5.74) is 0. The molecule has 186 valence electrons. The van der Waals surface area contributed by atoms with Gasteiger partial charge in [-0.05, 0) is 123 Å². The van der Waals surface area contributed by atoms with Crippen molar-refractivity contribution >= 4 is 84.1 Å². The SMILES string of the molecule is CSc1ccc(P(CCP(c2ccc(SC)cc2)c2ccc(SC)cc2)c2ccc(SC)cc2)cc1. The molecule has 0 unspecified atom stereocenters. The van der Waals surface area contributed by atoms with Crippen molar-refractivity contribution in [1.29, 1.82) is 0 Å². The Kier molecular flexibility index (Phi) is 11.2. The normalized spacial score (nSPS) is 11.4. The van der Waals surface area contributed by atoms with Gasteiger partial charge in [-0.1, -0.05) is 48.5 Å². The van der Waals surface area contributed by atoms with Gasteiger partial charge in [-0.15, -0.1) is 47.0 Å².